The molecule has 0 saturated carbocycles. The summed E-state index contributed by atoms with van der Waals surface area (Å²) in [6.07, 6.45) is 1.64. The molecule has 0 amide bonds. The molecule has 2 aromatic heterocycles. The highest BCUT2D eigenvalue weighted by atomic mass is 79.9. The van der Waals surface area contributed by atoms with Gasteiger partial charge in [0.2, 0.25) is 0 Å². The van der Waals surface area contributed by atoms with Gasteiger partial charge in [0.25, 0.3) is 0 Å². The zero-order valence-electron chi connectivity index (χ0n) is 7.24. The first-order chi connectivity index (χ1) is 6.83. The summed E-state index contributed by atoms with van der Waals surface area (Å²) < 4.78 is 6.28. The molecular formula is C9H9BrN2OS. The first kappa shape index (κ1) is 9.92. The molecule has 74 valence electrons. The fourth-order valence-corrected chi connectivity index (χ4v) is 2.47. The van der Waals surface area contributed by atoms with E-state index < -0.39 is 0 Å². The SMILES string of the molecule is NNC(c1cccs1)c1occc1Br. The van der Waals surface area contributed by atoms with Crippen molar-refractivity contribution in [3.05, 3.63) is 45.0 Å². The molecule has 0 aliphatic rings. The largest absolute Gasteiger partial charge is 0.466 e. The molecule has 0 radical (unpaired) electrons. The lowest BCUT2D eigenvalue weighted by Crippen LogP contribution is -2.28. The van der Waals surface area contributed by atoms with Gasteiger partial charge in [-0.25, -0.2) is 5.43 Å². The van der Waals surface area contributed by atoms with Crippen LogP contribution in [0, 0.1) is 0 Å². The Labute approximate surface area is 94.0 Å². The Bertz CT molecular complexity index is 399. The highest BCUT2D eigenvalue weighted by Crippen LogP contribution is 2.30. The van der Waals surface area contributed by atoms with E-state index in [9.17, 15) is 0 Å². The van der Waals surface area contributed by atoms with Crippen LogP contribution in [0.25, 0.3) is 0 Å². The molecule has 0 aliphatic carbocycles. The van der Waals surface area contributed by atoms with Crippen LogP contribution in [0.15, 0.2) is 38.7 Å². The fraction of sp³-hybridized carbons (Fsp3) is 0.111. The van der Waals surface area contributed by atoms with Crippen molar-refractivity contribution in [3.63, 3.8) is 0 Å². The third-order valence-electron chi connectivity index (χ3n) is 1.90. The number of nitrogens with two attached hydrogens (primary N) is 1. The van der Waals surface area contributed by atoms with Crippen molar-refractivity contribution in [1.82, 2.24) is 5.43 Å². The van der Waals surface area contributed by atoms with E-state index in [4.69, 9.17) is 10.3 Å². The van der Waals surface area contributed by atoms with Crippen LogP contribution in [0.4, 0.5) is 0 Å². The van der Waals surface area contributed by atoms with E-state index in [0.29, 0.717) is 0 Å². The number of thiophene rings is 1. The van der Waals surface area contributed by atoms with E-state index in [1.807, 2.05) is 23.6 Å². The van der Waals surface area contributed by atoms with E-state index in [2.05, 4.69) is 21.4 Å². The van der Waals surface area contributed by atoms with Crippen LogP contribution in [0.1, 0.15) is 16.7 Å². The molecular weight excluding hydrogens is 264 g/mol. The number of hydrogen-bond donors (Lipinski definition) is 2. The molecule has 2 rings (SSSR count). The zero-order valence-corrected chi connectivity index (χ0v) is 9.64. The van der Waals surface area contributed by atoms with Gasteiger partial charge in [0.05, 0.1) is 10.7 Å². The van der Waals surface area contributed by atoms with Crippen molar-refractivity contribution >= 4 is 27.3 Å². The van der Waals surface area contributed by atoms with Crippen molar-refractivity contribution < 1.29 is 4.42 Å². The third kappa shape index (κ3) is 1.76. The molecule has 0 saturated heterocycles. The minimum atomic E-state index is -0.0839. The van der Waals surface area contributed by atoms with Crippen LogP contribution in [-0.2, 0) is 0 Å². The quantitative estimate of drug-likeness (QED) is 0.667. The van der Waals surface area contributed by atoms with Gasteiger partial charge in [-0.15, -0.1) is 11.3 Å². The Kier molecular flexibility index (Phi) is 3.02. The summed E-state index contributed by atoms with van der Waals surface area (Å²) in [4.78, 5) is 1.13. The van der Waals surface area contributed by atoms with Crippen molar-refractivity contribution in [1.29, 1.82) is 0 Å². The second-order valence-electron chi connectivity index (χ2n) is 2.75. The van der Waals surface area contributed by atoms with Crippen LogP contribution in [-0.4, -0.2) is 0 Å². The number of rotatable bonds is 3. The second kappa shape index (κ2) is 4.27. The number of hydrazine groups is 1. The molecule has 1 unspecified atom stereocenters. The summed E-state index contributed by atoms with van der Waals surface area (Å²) >= 11 is 5.05. The third-order valence-corrected chi connectivity index (χ3v) is 3.49. The van der Waals surface area contributed by atoms with E-state index in [1.54, 1.807) is 17.6 Å². The smallest absolute Gasteiger partial charge is 0.141 e. The molecule has 0 aliphatic heterocycles. The van der Waals surface area contributed by atoms with Gasteiger partial charge in [-0.3, -0.25) is 5.84 Å². The van der Waals surface area contributed by atoms with Crippen molar-refractivity contribution in [2.45, 2.75) is 6.04 Å². The van der Waals surface area contributed by atoms with Crippen LogP contribution in [0.2, 0.25) is 0 Å². The van der Waals surface area contributed by atoms with Gasteiger partial charge in [-0.1, -0.05) is 6.07 Å². The molecule has 1 atom stereocenters. The lowest BCUT2D eigenvalue weighted by molar-refractivity contribution is 0.453. The van der Waals surface area contributed by atoms with Gasteiger partial charge < -0.3 is 4.42 Å². The van der Waals surface area contributed by atoms with Crippen LogP contribution >= 0.6 is 27.3 Å². The van der Waals surface area contributed by atoms with Crippen LogP contribution in [0.3, 0.4) is 0 Å². The molecule has 0 bridgehead atoms. The summed E-state index contributed by atoms with van der Waals surface area (Å²) in [6, 6.07) is 5.78. The maximum Gasteiger partial charge on any atom is 0.141 e. The first-order valence-corrected chi connectivity index (χ1v) is 5.72. The topological polar surface area (TPSA) is 51.2 Å². The maximum atomic E-state index is 5.50. The lowest BCUT2D eigenvalue weighted by atomic mass is 10.2. The Morgan fingerprint density at radius 2 is 2.36 bits per heavy atom. The van der Waals surface area contributed by atoms with Gasteiger partial charge in [-0.05, 0) is 33.4 Å². The zero-order chi connectivity index (χ0) is 9.97. The van der Waals surface area contributed by atoms with E-state index in [-0.39, 0.29) is 6.04 Å². The predicted octanol–water partition coefficient (Wildman–Crippen LogP) is 2.66. The number of hydrogen-bond acceptors (Lipinski definition) is 4. The summed E-state index contributed by atoms with van der Waals surface area (Å²) in [5, 5.41) is 2.01. The minimum Gasteiger partial charge on any atom is -0.466 e. The fourth-order valence-electron chi connectivity index (χ4n) is 1.25. The summed E-state index contributed by atoms with van der Waals surface area (Å²) in [6.45, 7) is 0. The van der Waals surface area contributed by atoms with Gasteiger partial charge in [-0.2, -0.15) is 0 Å². The molecule has 0 spiro atoms. The van der Waals surface area contributed by atoms with Crippen molar-refractivity contribution in [3.8, 4) is 0 Å². The Hall–Kier alpha value is -0.620. The molecule has 0 fully saturated rings. The summed E-state index contributed by atoms with van der Waals surface area (Å²) in [7, 11) is 0. The maximum absolute atomic E-state index is 5.50. The van der Waals surface area contributed by atoms with E-state index >= 15 is 0 Å². The minimum absolute atomic E-state index is 0.0839. The lowest BCUT2D eigenvalue weighted by Gasteiger charge is -2.11. The second-order valence-corrected chi connectivity index (χ2v) is 4.58. The molecule has 0 aromatic carbocycles. The molecule has 2 aromatic rings. The van der Waals surface area contributed by atoms with Gasteiger partial charge in [0, 0.05) is 4.88 Å². The Balaban J connectivity index is 2.36. The summed E-state index contributed by atoms with van der Waals surface area (Å²) in [5.41, 5.74) is 2.73. The molecule has 3 N–H and O–H groups in total. The average Bonchev–Trinajstić information content (AvgIpc) is 2.80. The monoisotopic (exact) mass is 272 g/mol. The first-order valence-electron chi connectivity index (χ1n) is 4.05. The number of furan rings is 1. The molecule has 3 nitrogen and oxygen atoms in total. The highest BCUT2D eigenvalue weighted by molar-refractivity contribution is 9.10. The van der Waals surface area contributed by atoms with E-state index in [0.717, 1.165) is 15.1 Å². The Morgan fingerprint density at radius 1 is 1.50 bits per heavy atom. The molecule has 2 heterocycles. The van der Waals surface area contributed by atoms with Gasteiger partial charge in [0.1, 0.15) is 11.8 Å². The van der Waals surface area contributed by atoms with Gasteiger partial charge >= 0.3 is 0 Å². The molecule has 5 heteroatoms. The van der Waals surface area contributed by atoms with Crippen LogP contribution < -0.4 is 11.3 Å². The highest BCUT2D eigenvalue weighted by Gasteiger charge is 2.19. The predicted molar refractivity (Wildman–Crippen MR) is 59.9 cm³/mol. The Morgan fingerprint density at radius 3 is 2.86 bits per heavy atom. The normalized spacial score (nSPS) is 13.0. The summed E-state index contributed by atoms with van der Waals surface area (Å²) in [5.74, 6) is 6.30. The average molecular weight is 273 g/mol. The number of nitrogens with one attached hydrogen (secondary N) is 1. The van der Waals surface area contributed by atoms with E-state index in [1.165, 1.54) is 0 Å². The number of halogens is 1. The van der Waals surface area contributed by atoms with Crippen LogP contribution in [0.5, 0.6) is 0 Å². The standard InChI is InChI=1S/C9H9BrN2OS/c10-6-3-4-13-9(6)8(12-11)7-2-1-5-14-7/h1-5,8,12H,11H2. The van der Waals surface area contributed by atoms with Gasteiger partial charge in [0.15, 0.2) is 0 Å². The van der Waals surface area contributed by atoms with Crippen molar-refractivity contribution in [2.75, 3.05) is 0 Å². The van der Waals surface area contributed by atoms with Crippen molar-refractivity contribution in [2.24, 2.45) is 5.84 Å². The molecule has 14 heavy (non-hydrogen) atoms.